The van der Waals surface area contributed by atoms with Gasteiger partial charge in [0.2, 0.25) is 0 Å². The average molecular weight is 466 g/mol. The fraction of sp³-hybridized carbons (Fsp3) is 1.00. The first-order valence-corrected chi connectivity index (χ1v) is 10.5. The van der Waals surface area contributed by atoms with Crippen LogP contribution < -0.4 is 5.73 Å². The Balaban J connectivity index is 0.000000573. The van der Waals surface area contributed by atoms with E-state index in [2.05, 4.69) is 9.80 Å². The van der Waals surface area contributed by atoms with Crippen molar-refractivity contribution in [3.8, 4) is 0 Å². The molecule has 2 aliphatic heterocycles. The van der Waals surface area contributed by atoms with Gasteiger partial charge in [-0.25, -0.2) is 0 Å². The number of hydrogen-bond donors (Lipinski definition) is 1. The van der Waals surface area contributed by atoms with Crippen LogP contribution in [0.25, 0.3) is 0 Å². The summed E-state index contributed by atoms with van der Waals surface area (Å²) in [6.45, 7) is 13.9. The minimum atomic E-state index is 0.539. The van der Waals surface area contributed by atoms with E-state index in [0.29, 0.717) is 6.10 Å². The van der Waals surface area contributed by atoms with Crippen LogP contribution in [0.5, 0.6) is 0 Å². The second-order valence-corrected chi connectivity index (χ2v) is 5.85. The Kier molecular flexibility index (Phi) is 14.3. The third-order valence-corrected chi connectivity index (χ3v) is 4.91. The Labute approximate surface area is 135 Å². The van der Waals surface area contributed by atoms with Gasteiger partial charge in [-0.3, -0.25) is 0 Å². The molecule has 1 unspecified atom stereocenters. The standard InChI is InChI=1S/C10H19N2O.C2H7N.C2H6.Pb/c1-11-4-6-12(7-5-11)9-10-3-2-8-13-10;1-2-3;1-2;/h10H,1-9H2;2-3H2,1H3;1-2H3;. The second-order valence-electron chi connectivity index (χ2n) is 4.62. The molecule has 0 saturated carbocycles. The predicted octanol–water partition coefficient (Wildman–Crippen LogP) is 0.900. The first-order chi connectivity index (χ1) is 9.30. The fourth-order valence-electron chi connectivity index (χ4n) is 2.21. The molecule has 113 valence electrons. The zero-order valence-electron chi connectivity index (χ0n) is 13.0. The molecule has 0 aliphatic carbocycles. The Hall–Kier alpha value is 0.762. The summed E-state index contributed by atoms with van der Waals surface area (Å²) in [6.07, 6.45) is 3.09. The van der Waals surface area contributed by atoms with Gasteiger partial charge < -0.3 is 5.73 Å². The molecule has 2 aliphatic rings. The quantitative estimate of drug-likeness (QED) is 0.629. The van der Waals surface area contributed by atoms with Gasteiger partial charge in [0.25, 0.3) is 0 Å². The molecule has 2 fully saturated rings. The normalized spacial score (nSPS) is 24.2. The van der Waals surface area contributed by atoms with Crippen LogP contribution in [0.3, 0.4) is 0 Å². The van der Waals surface area contributed by atoms with Crippen molar-refractivity contribution in [2.75, 3.05) is 50.0 Å². The van der Waals surface area contributed by atoms with Gasteiger partial charge in [-0.1, -0.05) is 20.8 Å². The molecule has 2 saturated heterocycles. The molecule has 2 rings (SSSR count). The molecular weight excluding hydrogens is 433 g/mol. The summed E-state index contributed by atoms with van der Waals surface area (Å²) < 4.78 is 7.00. The van der Waals surface area contributed by atoms with Gasteiger partial charge in [0.05, 0.1) is 0 Å². The molecule has 0 bridgehead atoms. The van der Waals surface area contributed by atoms with Gasteiger partial charge in [-0.15, -0.1) is 0 Å². The van der Waals surface area contributed by atoms with Gasteiger partial charge >= 0.3 is 103 Å². The molecule has 2 heterocycles. The average Bonchev–Trinajstić information content (AvgIpc) is 2.96. The molecule has 4 nitrogen and oxygen atoms in total. The van der Waals surface area contributed by atoms with Crippen LogP contribution in [-0.4, -0.2) is 91.7 Å². The second kappa shape index (κ2) is 13.7. The van der Waals surface area contributed by atoms with Gasteiger partial charge in [-0.05, 0) is 6.54 Å². The van der Waals surface area contributed by atoms with Crippen molar-refractivity contribution in [2.24, 2.45) is 5.73 Å². The van der Waals surface area contributed by atoms with Crippen molar-refractivity contribution < 1.29 is 4.74 Å². The summed E-state index contributed by atoms with van der Waals surface area (Å²) in [7, 11) is 0. The van der Waals surface area contributed by atoms with Crippen LogP contribution >= 0.6 is 0 Å². The van der Waals surface area contributed by atoms with Gasteiger partial charge in [0, 0.05) is 0 Å². The van der Waals surface area contributed by atoms with E-state index >= 15 is 0 Å². The number of ether oxygens (including phenoxy) is 1. The molecule has 3 radical (unpaired) electrons. The number of piperazine rings is 1. The van der Waals surface area contributed by atoms with E-state index in [9.17, 15) is 0 Å². The van der Waals surface area contributed by atoms with Crippen molar-refractivity contribution in [3.63, 3.8) is 0 Å². The van der Waals surface area contributed by atoms with E-state index in [-0.39, 0.29) is 0 Å². The molecule has 5 heteroatoms. The maximum absolute atomic E-state index is 5.66. The van der Waals surface area contributed by atoms with Crippen LogP contribution in [0.15, 0.2) is 0 Å². The summed E-state index contributed by atoms with van der Waals surface area (Å²) in [5.41, 5.74) is 4.85. The van der Waals surface area contributed by atoms with Gasteiger partial charge in [-0.2, -0.15) is 0 Å². The molecule has 1 atom stereocenters. The molecule has 2 N–H and O–H groups in total. The van der Waals surface area contributed by atoms with Crippen LogP contribution in [0.1, 0.15) is 33.6 Å². The van der Waals surface area contributed by atoms with Crippen molar-refractivity contribution in [3.05, 3.63) is 0 Å². The van der Waals surface area contributed by atoms with E-state index in [0.717, 1.165) is 13.2 Å². The molecular formula is C14H32N3OPb. The summed E-state index contributed by atoms with van der Waals surface area (Å²) in [4.78, 5) is 5.15. The summed E-state index contributed by atoms with van der Waals surface area (Å²) >= 11 is 1.32. The van der Waals surface area contributed by atoms with Gasteiger partial charge in [0.15, 0.2) is 0 Å². The summed E-state index contributed by atoms with van der Waals surface area (Å²) in [5, 5.41) is 0. The van der Waals surface area contributed by atoms with Crippen LogP contribution in [-0.2, 0) is 4.74 Å². The van der Waals surface area contributed by atoms with Crippen LogP contribution in [0.4, 0.5) is 0 Å². The number of nitrogens with two attached hydrogens (primary N) is 1. The van der Waals surface area contributed by atoms with E-state index in [1.165, 1.54) is 75.4 Å². The monoisotopic (exact) mass is 466 g/mol. The topological polar surface area (TPSA) is 41.7 Å². The summed E-state index contributed by atoms with van der Waals surface area (Å²) in [5.74, 6) is 0. The van der Waals surface area contributed by atoms with E-state index in [1.54, 1.807) is 0 Å². The predicted molar refractivity (Wildman–Crippen MR) is 83.7 cm³/mol. The summed E-state index contributed by atoms with van der Waals surface area (Å²) in [6, 6.07) is 0. The Bertz CT molecular complexity index is 182. The molecule has 0 amide bonds. The molecule has 0 spiro atoms. The molecule has 19 heavy (non-hydrogen) atoms. The SMILES string of the molecule is CC.CCN.[Pb][CH2]N1CCN(CC2CCCO2)CC1. The van der Waals surface area contributed by atoms with Gasteiger partial charge in [0.1, 0.15) is 0 Å². The Morgan fingerprint density at radius 3 is 2.11 bits per heavy atom. The van der Waals surface area contributed by atoms with Crippen molar-refractivity contribution >= 4 is 25.8 Å². The van der Waals surface area contributed by atoms with E-state index < -0.39 is 0 Å². The van der Waals surface area contributed by atoms with Crippen molar-refractivity contribution in [1.82, 2.24) is 9.80 Å². The van der Waals surface area contributed by atoms with Crippen LogP contribution in [0, 0.1) is 0 Å². The van der Waals surface area contributed by atoms with E-state index in [1.807, 2.05) is 20.8 Å². The molecule has 0 aromatic heterocycles. The number of rotatable bonds is 3. The number of nitrogens with zero attached hydrogens (tertiary/aromatic N) is 2. The third-order valence-electron chi connectivity index (χ3n) is 3.17. The Morgan fingerprint density at radius 2 is 1.68 bits per heavy atom. The molecule has 0 aromatic carbocycles. The Morgan fingerprint density at radius 1 is 1.16 bits per heavy atom. The van der Waals surface area contributed by atoms with Crippen molar-refractivity contribution in [2.45, 2.75) is 39.7 Å². The maximum atomic E-state index is 5.66. The zero-order valence-corrected chi connectivity index (χ0v) is 16.9. The number of hydrogen-bond acceptors (Lipinski definition) is 4. The van der Waals surface area contributed by atoms with E-state index in [4.69, 9.17) is 10.5 Å². The minimum absolute atomic E-state index is 0.539. The fourth-order valence-corrected chi connectivity index (χ4v) is 3.44. The third kappa shape index (κ3) is 9.34. The first-order valence-electron chi connectivity index (χ1n) is 7.71. The van der Waals surface area contributed by atoms with Crippen LogP contribution in [0.2, 0.25) is 0 Å². The first kappa shape index (κ1) is 19.8. The zero-order chi connectivity index (χ0) is 14.5. The molecule has 0 aromatic rings. The van der Waals surface area contributed by atoms with Crippen molar-refractivity contribution in [1.29, 1.82) is 0 Å².